The minimum absolute atomic E-state index is 0.0350. The van der Waals surface area contributed by atoms with Gasteiger partial charge in [0, 0.05) is 23.5 Å². The van der Waals surface area contributed by atoms with Gasteiger partial charge in [0.1, 0.15) is 22.8 Å². The number of hydrogen-bond donors (Lipinski definition) is 6. The number of oxime groups is 1. The first-order valence-electron chi connectivity index (χ1n) is 9.55. The number of amides is 1. The van der Waals surface area contributed by atoms with Gasteiger partial charge in [0.15, 0.2) is 11.4 Å². The monoisotopic (exact) mass is 428 g/mol. The van der Waals surface area contributed by atoms with Gasteiger partial charge in [-0.2, -0.15) is 0 Å². The number of ketones is 2. The fourth-order valence-corrected chi connectivity index (χ4v) is 5.01. The number of nitrogens with two attached hydrogens (primary N) is 1. The smallest absolute Gasteiger partial charge is 0.255 e. The molecule has 7 N–H and O–H groups in total. The van der Waals surface area contributed by atoms with E-state index in [1.165, 1.54) is 19.1 Å². The van der Waals surface area contributed by atoms with Gasteiger partial charge in [0.2, 0.25) is 5.78 Å². The van der Waals surface area contributed by atoms with E-state index < -0.39 is 52.0 Å². The number of benzene rings is 1. The molecule has 0 saturated heterocycles. The zero-order valence-electron chi connectivity index (χ0n) is 16.4. The summed E-state index contributed by atoms with van der Waals surface area (Å²) in [6, 6.07) is 2.78. The van der Waals surface area contributed by atoms with Crippen molar-refractivity contribution in [3.63, 3.8) is 0 Å². The lowest BCUT2D eigenvalue weighted by atomic mass is 9.59. The highest BCUT2D eigenvalue weighted by atomic mass is 16.4. The third-order valence-electron chi connectivity index (χ3n) is 6.49. The van der Waals surface area contributed by atoms with Crippen molar-refractivity contribution < 1.29 is 40.0 Å². The summed E-state index contributed by atoms with van der Waals surface area (Å²) in [4.78, 5) is 37.3. The number of primary amides is 1. The summed E-state index contributed by atoms with van der Waals surface area (Å²) >= 11 is 0. The topological polar surface area (TPSA) is 191 Å². The normalized spacial score (nSPS) is 28.3. The predicted molar refractivity (Wildman–Crippen MR) is 105 cm³/mol. The van der Waals surface area contributed by atoms with Crippen LogP contribution >= 0.6 is 0 Å². The molecule has 0 spiro atoms. The van der Waals surface area contributed by atoms with Gasteiger partial charge in [-0.25, -0.2) is 0 Å². The Labute approximate surface area is 175 Å². The van der Waals surface area contributed by atoms with Crippen LogP contribution < -0.4 is 5.73 Å². The van der Waals surface area contributed by atoms with Crippen LogP contribution in [0, 0.1) is 11.8 Å². The van der Waals surface area contributed by atoms with Crippen molar-refractivity contribution in [3.8, 4) is 5.75 Å². The van der Waals surface area contributed by atoms with Gasteiger partial charge in [-0.05, 0) is 43.4 Å². The van der Waals surface area contributed by atoms with E-state index in [0.29, 0.717) is 11.1 Å². The lowest BCUT2D eigenvalue weighted by Gasteiger charge is -2.46. The Hall–Kier alpha value is -3.66. The van der Waals surface area contributed by atoms with Crippen LogP contribution in [0.1, 0.15) is 36.5 Å². The van der Waals surface area contributed by atoms with E-state index >= 15 is 0 Å². The maximum absolute atomic E-state index is 13.3. The Kier molecular flexibility index (Phi) is 4.44. The summed E-state index contributed by atoms with van der Waals surface area (Å²) < 4.78 is 0. The number of Topliss-reactive ketones (excluding diaryl/α,β-unsaturated/α-hetero) is 2. The van der Waals surface area contributed by atoms with Crippen molar-refractivity contribution >= 4 is 28.9 Å². The summed E-state index contributed by atoms with van der Waals surface area (Å²) in [5.41, 5.74) is 2.58. The molecule has 3 atom stereocenters. The molecule has 0 unspecified atom stereocenters. The minimum Gasteiger partial charge on any atom is -0.508 e. The first-order chi connectivity index (χ1) is 14.5. The molecule has 3 aliphatic rings. The second-order valence-corrected chi connectivity index (χ2v) is 8.08. The Bertz CT molecular complexity index is 1160. The van der Waals surface area contributed by atoms with Gasteiger partial charge >= 0.3 is 0 Å². The van der Waals surface area contributed by atoms with Gasteiger partial charge in [-0.1, -0.05) is 5.16 Å². The lowest BCUT2D eigenvalue weighted by molar-refractivity contribution is -0.147. The van der Waals surface area contributed by atoms with Gasteiger partial charge in [0.05, 0.1) is 11.3 Å². The molecule has 0 radical (unpaired) electrons. The second kappa shape index (κ2) is 6.67. The first-order valence-corrected chi connectivity index (χ1v) is 9.55. The SMILES string of the molecule is C/C(=N/O)c1ccc(O)c2c1C[C@H]1C[C@H]3CC(=O)C(C(N)=O)=C(O)[C@@]3(O)C(=O)C1=C2O. The van der Waals surface area contributed by atoms with Crippen molar-refractivity contribution in [2.24, 2.45) is 22.7 Å². The number of phenolic OH excluding ortho intramolecular Hbond substituents is 1. The van der Waals surface area contributed by atoms with Crippen LogP contribution in [-0.2, 0) is 20.8 Å². The van der Waals surface area contributed by atoms with Crippen molar-refractivity contribution in [2.75, 3.05) is 0 Å². The molecule has 1 saturated carbocycles. The summed E-state index contributed by atoms with van der Waals surface area (Å²) in [6.07, 6.45) is -0.204. The van der Waals surface area contributed by atoms with Crippen molar-refractivity contribution in [3.05, 3.63) is 45.7 Å². The summed E-state index contributed by atoms with van der Waals surface area (Å²) in [6.45, 7) is 1.53. The van der Waals surface area contributed by atoms with E-state index in [2.05, 4.69) is 5.16 Å². The van der Waals surface area contributed by atoms with Gasteiger partial charge in [-0.15, -0.1) is 0 Å². The van der Waals surface area contributed by atoms with E-state index in [-0.39, 0.29) is 41.9 Å². The van der Waals surface area contributed by atoms with Crippen LogP contribution in [0.5, 0.6) is 5.75 Å². The fraction of sp³-hybridized carbons (Fsp3) is 0.333. The highest BCUT2D eigenvalue weighted by Crippen LogP contribution is 2.52. The molecular weight excluding hydrogens is 408 g/mol. The van der Waals surface area contributed by atoms with Crippen molar-refractivity contribution in [2.45, 2.75) is 31.8 Å². The highest BCUT2D eigenvalue weighted by Gasteiger charge is 2.60. The van der Waals surface area contributed by atoms with Gasteiger partial charge in [-0.3, -0.25) is 14.4 Å². The van der Waals surface area contributed by atoms with Crippen LogP contribution in [0.25, 0.3) is 5.76 Å². The Morgan fingerprint density at radius 1 is 1.19 bits per heavy atom. The van der Waals surface area contributed by atoms with E-state index in [0.717, 1.165) is 0 Å². The van der Waals surface area contributed by atoms with Crippen molar-refractivity contribution in [1.29, 1.82) is 0 Å². The average Bonchev–Trinajstić information content (AvgIpc) is 2.70. The Balaban J connectivity index is 1.95. The Morgan fingerprint density at radius 2 is 1.87 bits per heavy atom. The molecule has 1 fully saturated rings. The average molecular weight is 428 g/mol. The fourth-order valence-electron chi connectivity index (χ4n) is 5.01. The van der Waals surface area contributed by atoms with Crippen LogP contribution in [0.2, 0.25) is 0 Å². The van der Waals surface area contributed by atoms with Crippen LogP contribution in [0.4, 0.5) is 0 Å². The molecule has 10 nitrogen and oxygen atoms in total. The number of carbonyl (C=O) groups excluding carboxylic acids is 3. The van der Waals surface area contributed by atoms with Gasteiger partial charge < -0.3 is 31.4 Å². The van der Waals surface area contributed by atoms with Crippen LogP contribution in [-0.4, -0.2) is 54.4 Å². The maximum atomic E-state index is 13.3. The maximum Gasteiger partial charge on any atom is 0.255 e. The minimum atomic E-state index is -2.59. The van der Waals surface area contributed by atoms with E-state index in [1.54, 1.807) is 0 Å². The lowest BCUT2D eigenvalue weighted by Crippen LogP contribution is -2.58. The zero-order chi connectivity index (χ0) is 22.8. The standard InChI is InChI=1S/C21H20N2O8/c1-7(23-31)10-2-3-12(24)15-11(10)5-8-4-9-6-13(25)16(20(22)29)19(28)21(9,30)18(27)14(8)17(15)26/h2-3,8-9,24,26,28,30-31H,4-6H2,1H3,(H2,22,29)/b23-7-/t8-,9+,21+/m1/s1. The third kappa shape index (κ3) is 2.61. The molecule has 31 heavy (non-hydrogen) atoms. The zero-order valence-corrected chi connectivity index (χ0v) is 16.4. The molecule has 4 rings (SSSR count). The molecule has 3 aliphatic carbocycles. The molecule has 0 heterocycles. The summed E-state index contributed by atoms with van der Waals surface area (Å²) in [7, 11) is 0. The molecule has 0 aliphatic heterocycles. The highest BCUT2D eigenvalue weighted by molar-refractivity contribution is 6.22. The molecule has 1 aromatic rings. The number of phenols is 1. The predicted octanol–water partition coefficient (Wildman–Crippen LogP) is 0.622. The van der Waals surface area contributed by atoms with Crippen LogP contribution in [0.3, 0.4) is 0 Å². The number of nitrogens with zero attached hydrogens (tertiary/aromatic N) is 1. The molecular formula is C21H20N2O8. The van der Waals surface area contributed by atoms with Crippen molar-refractivity contribution in [1.82, 2.24) is 0 Å². The largest absolute Gasteiger partial charge is 0.508 e. The quantitative estimate of drug-likeness (QED) is 0.171. The van der Waals surface area contributed by atoms with E-state index in [4.69, 9.17) is 5.73 Å². The third-order valence-corrected chi connectivity index (χ3v) is 6.49. The second-order valence-electron chi connectivity index (χ2n) is 8.08. The first kappa shape index (κ1) is 20.6. The number of fused-ring (bicyclic) bond motifs is 3. The number of aliphatic hydroxyl groups excluding tert-OH is 2. The number of aliphatic hydroxyl groups is 3. The van der Waals surface area contributed by atoms with Crippen LogP contribution in [0.15, 0.2) is 34.2 Å². The number of aromatic hydroxyl groups is 1. The Morgan fingerprint density at radius 3 is 2.48 bits per heavy atom. The molecule has 1 amide bonds. The van der Waals surface area contributed by atoms with E-state index in [1.807, 2.05) is 0 Å². The summed E-state index contributed by atoms with van der Waals surface area (Å²) in [5, 5.41) is 55.3. The molecule has 1 aromatic carbocycles. The summed E-state index contributed by atoms with van der Waals surface area (Å²) in [5.74, 6) is -6.81. The number of carbonyl (C=O) groups is 3. The van der Waals surface area contributed by atoms with Gasteiger partial charge in [0.25, 0.3) is 5.91 Å². The number of rotatable bonds is 2. The molecule has 10 heteroatoms. The van der Waals surface area contributed by atoms with E-state index in [9.17, 15) is 40.0 Å². The number of hydrogen-bond acceptors (Lipinski definition) is 9. The molecule has 162 valence electrons. The molecule has 0 bridgehead atoms. The molecule has 0 aromatic heterocycles.